The van der Waals surface area contributed by atoms with Crippen molar-refractivity contribution in [2.45, 2.75) is 32.5 Å². The van der Waals surface area contributed by atoms with Gasteiger partial charge in [0.15, 0.2) is 0 Å². The minimum Gasteiger partial charge on any atom is -0.497 e. The predicted molar refractivity (Wildman–Crippen MR) is 70.2 cm³/mol. The molecule has 0 heterocycles. The fourth-order valence-corrected chi connectivity index (χ4v) is 1.65. The summed E-state index contributed by atoms with van der Waals surface area (Å²) in [6.07, 6.45) is 0.252. The van der Waals surface area contributed by atoms with Crippen molar-refractivity contribution in [3.05, 3.63) is 23.8 Å². The van der Waals surface area contributed by atoms with Crippen LogP contribution in [0.1, 0.15) is 31.9 Å². The Morgan fingerprint density at radius 2 is 1.94 bits per heavy atom. The average molecular weight is 254 g/mol. The monoisotopic (exact) mass is 254 g/mol. The molecule has 0 aliphatic rings. The summed E-state index contributed by atoms with van der Waals surface area (Å²) >= 11 is 0. The lowest BCUT2D eigenvalue weighted by atomic mass is 10.1. The molecule has 0 spiro atoms. The van der Waals surface area contributed by atoms with Crippen LogP contribution in [0.5, 0.6) is 11.5 Å². The summed E-state index contributed by atoms with van der Waals surface area (Å²) in [7, 11) is 3.27. The first-order valence-electron chi connectivity index (χ1n) is 6.10. The van der Waals surface area contributed by atoms with Gasteiger partial charge in [-0.05, 0) is 26.0 Å². The van der Waals surface area contributed by atoms with Gasteiger partial charge in [0.2, 0.25) is 0 Å². The number of ether oxygens (including phenoxy) is 3. The molecule has 0 aliphatic carbocycles. The summed E-state index contributed by atoms with van der Waals surface area (Å²) in [5, 5.41) is 9.71. The van der Waals surface area contributed by atoms with Crippen molar-refractivity contribution < 1.29 is 19.3 Å². The normalized spacial score (nSPS) is 14.1. The first kappa shape index (κ1) is 14.8. The Morgan fingerprint density at radius 3 is 2.50 bits per heavy atom. The van der Waals surface area contributed by atoms with Gasteiger partial charge < -0.3 is 19.3 Å². The molecule has 0 aromatic heterocycles. The van der Waals surface area contributed by atoms with Gasteiger partial charge in [-0.25, -0.2) is 0 Å². The highest BCUT2D eigenvalue weighted by Gasteiger charge is 2.13. The third kappa shape index (κ3) is 4.20. The van der Waals surface area contributed by atoms with E-state index in [1.165, 1.54) is 0 Å². The Hall–Kier alpha value is -1.26. The maximum absolute atomic E-state index is 9.71. The lowest BCUT2D eigenvalue weighted by Crippen LogP contribution is -2.15. The number of aliphatic hydroxyl groups excluding tert-OH is 1. The van der Waals surface area contributed by atoms with E-state index >= 15 is 0 Å². The van der Waals surface area contributed by atoms with Crippen LogP contribution in [0.25, 0.3) is 0 Å². The molecule has 0 saturated heterocycles. The Kier molecular flexibility index (Phi) is 5.95. The highest BCUT2D eigenvalue weighted by atomic mass is 16.5. The molecule has 0 amide bonds. The first-order chi connectivity index (χ1) is 8.58. The summed E-state index contributed by atoms with van der Waals surface area (Å²) in [6.45, 7) is 4.34. The third-order valence-electron chi connectivity index (χ3n) is 2.73. The quantitative estimate of drug-likeness (QED) is 0.812. The van der Waals surface area contributed by atoms with Gasteiger partial charge in [-0.15, -0.1) is 0 Å². The molecule has 1 N–H and O–H groups in total. The number of rotatable bonds is 7. The highest BCUT2D eigenvalue weighted by molar-refractivity contribution is 5.41. The zero-order chi connectivity index (χ0) is 13.5. The van der Waals surface area contributed by atoms with Crippen molar-refractivity contribution in [3.63, 3.8) is 0 Å². The molecule has 4 heteroatoms. The van der Waals surface area contributed by atoms with E-state index in [4.69, 9.17) is 14.2 Å². The molecule has 1 unspecified atom stereocenters. The van der Waals surface area contributed by atoms with Crippen molar-refractivity contribution in [1.29, 1.82) is 0 Å². The van der Waals surface area contributed by atoms with Gasteiger partial charge in [-0.1, -0.05) is 0 Å². The second-order valence-corrected chi connectivity index (χ2v) is 4.29. The van der Waals surface area contributed by atoms with Crippen LogP contribution < -0.4 is 9.47 Å². The zero-order valence-corrected chi connectivity index (χ0v) is 11.5. The number of methoxy groups -OCH3 is 2. The molecule has 0 saturated carbocycles. The predicted octanol–water partition coefficient (Wildman–Crippen LogP) is 2.55. The number of hydrogen-bond acceptors (Lipinski definition) is 4. The van der Waals surface area contributed by atoms with Crippen molar-refractivity contribution in [2.24, 2.45) is 0 Å². The number of benzene rings is 1. The van der Waals surface area contributed by atoms with Gasteiger partial charge in [0.05, 0.1) is 19.3 Å². The molecule has 4 nitrogen and oxygen atoms in total. The van der Waals surface area contributed by atoms with Crippen LogP contribution in [-0.4, -0.2) is 32.0 Å². The molecule has 0 radical (unpaired) electrons. The summed E-state index contributed by atoms with van der Waals surface area (Å²) in [5.74, 6) is 1.38. The van der Waals surface area contributed by atoms with E-state index in [-0.39, 0.29) is 6.10 Å². The largest absolute Gasteiger partial charge is 0.497 e. The van der Waals surface area contributed by atoms with Crippen LogP contribution in [0.15, 0.2) is 18.2 Å². The highest BCUT2D eigenvalue weighted by Crippen LogP contribution is 2.30. The first-order valence-corrected chi connectivity index (χ1v) is 6.10. The molecule has 1 rings (SSSR count). The second kappa shape index (κ2) is 7.24. The summed E-state index contributed by atoms with van der Waals surface area (Å²) < 4.78 is 16.0. The van der Waals surface area contributed by atoms with E-state index in [0.29, 0.717) is 18.1 Å². The molecule has 102 valence electrons. The van der Waals surface area contributed by atoms with Gasteiger partial charge in [-0.3, -0.25) is 0 Å². The van der Waals surface area contributed by atoms with Gasteiger partial charge in [0.25, 0.3) is 0 Å². The Morgan fingerprint density at radius 1 is 1.22 bits per heavy atom. The molecular formula is C14H22O4. The minimum absolute atomic E-state index is 0.0227. The van der Waals surface area contributed by atoms with E-state index in [2.05, 4.69) is 0 Å². The van der Waals surface area contributed by atoms with Crippen molar-refractivity contribution in [1.82, 2.24) is 0 Å². The maximum Gasteiger partial charge on any atom is 0.129 e. The topological polar surface area (TPSA) is 47.9 Å². The lowest BCUT2D eigenvalue weighted by Gasteiger charge is -2.19. The van der Waals surface area contributed by atoms with Gasteiger partial charge in [0, 0.05) is 31.8 Å². The van der Waals surface area contributed by atoms with Crippen LogP contribution in [0, 0.1) is 0 Å². The van der Waals surface area contributed by atoms with E-state index in [1.807, 2.05) is 19.1 Å². The standard InChI is InChI=1S/C14H22O4/c1-10(7-8-16-3)18-14-9-12(17-4)5-6-13(14)11(2)15/h5-6,9-11,15H,7-8H2,1-4H3/t10?,11-/m0/s1. The molecule has 18 heavy (non-hydrogen) atoms. The molecule has 0 fully saturated rings. The molecule has 1 aromatic carbocycles. The van der Waals surface area contributed by atoms with Crippen LogP contribution >= 0.6 is 0 Å². The fourth-order valence-electron chi connectivity index (χ4n) is 1.65. The van der Waals surface area contributed by atoms with E-state index in [9.17, 15) is 5.11 Å². The zero-order valence-electron chi connectivity index (χ0n) is 11.5. The Bertz CT molecular complexity index is 363. The summed E-state index contributed by atoms with van der Waals surface area (Å²) in [4.78, 5) is 0. The third-order valence-corrected chi connectivity index (χ3v) is 2.73. The number of aliphatic hydroxyl groups is 1. The molecule has 0 bridgehead atoms. The van der Waals surface area contributed by atoms with Crippen LogP contribution in [-0.2, 0) is 4.74 Å². The van der Waals surface area contributed by atoms with E-state index in [1.54, 1.807) is 27.2 Å². The molecule has 2 atom stereocenters. The van der Waals surface area contributed by atoms with Crippen molar-refractivity contribution in [2.75, 3.05) is 20.8 Å². The average Bonchev–Trinajstić information content (AvgIpc) is 2.35. The SMILES string of the molecule is COCCC(C)Oc1cc(OC)ccc1[C@H](C)O. The van der Waals surface area contributed by atoms with Crippen LogP contribution in [0.4, 0.5) is 0 Å². The molecule has 1 aromatic rings. The van der Waals surface area contributed by atoms with Gasteiger partial charge in [0.1, 0.15) is 11.5 Å². The fraction of sp³-hybridized carbons (Fsp3) is 0.571. The van der Waals surface area contributed by atoms with E-state index < -0.39 is 6.10 Å². The molecule has 0 aliphatic heterocycles. The van der Waals surface area contributed by atoms with E-state index in [0.717, 1.165) is 12.0 Å². The number of hydrogen-bond donors (Lipinski definition) is 1. The Balaban J connectivity index is 2.83. The summed E-state index contributed by atoms with van der Waals surface area (Å²) in [5.41, 5.74) is 0.764. The molecular weight excluding hydrogens is 232 g/mol. The smallest absolute Gasteiger partial charge is 0.129 e. The maximum atomic E-state index is 9.71. The van der Waals surface area contributed by atoms with Crippen LogP contribution in [0.3, 0.4) is 0 Å². The van der Waals surface area contributed by atoms with Gasteiger partial charge in [-0.2, -0.15) is 0 Å². The van der Waals surface area contributed by atoms with Crippen molar-refractivity contribution in [3.8, 4) is 11.5 Å². The van der Waals surface area contributed by atoms with Gasteiger partial charge >= 0.3 is 0 Å². The Labute approximate surface area is 108 Å². The minimum atomic E-state index is -0.569. The summed E-state index contributed by atoms with van der Waals surface area (Å²) in [6, 6.07) is 5.43. The lowest BCUT2D eigenvalue weighted by molar-refractivity contribution is 0.129. The van der Waals surface area contributed by atoms with Crippen molar-refractivity contribution >= 4 is 0 Å². The second-order valence-electron chi connectivity index (χ2n) is 4.29. The van der Waals surface area contributed by atoms with Crippen LogP contribution in [0.2, 0.25) is 0 Å².